The molecule has 1 saturated heterocycles. The van der Waals surface area contributed by atoms with Crippen molar-refractivity contribution in [3.8, 4) is 0 Å². The molecule has 2 rings (SSSR count). The van der Waals surface area contributed by atoms with Crippen LogP contribution in [0.25, 0.3) is 0 Å². The van der Waals surface area contributed by atoms with E-state index < -0.39 is 17.5 Å². The van der Waals surface area contributed by atoms with Gasteiger partial charge in [-0.3, -0.25) is 9.59 Å². The first-order chi connectivity index (χ1) is 10.9. The van der Waals surface area contributed by atoms with E-state index >= 15 is 0 Å². The predicted octanol–water partition coefficient (Wildman–Crippen LogP) is 1.62. The summed E-state index contributed by atoms with van der Waals surface area (Å²) in [6.07, 6.45) is 0.807. The Kier molecular flexibility index (Phi) is 5.09. The van der Waals surface area contributed by atoms with Crippen LogP contribution in [0.3, 0.4) is 0 Å². The summed E-state index contributed by atoms with van der Waals surface area (Å²) in [5, 5.41) is 23.8. The number of aromatic nitrogens is 1. The Labute approximate surface area is 135 Å². The van der Waals surface area contributed by atoms with E-state index in [2.05, 4.69) is 5.16 Å². The van der Waals surface area contributed by atoms with Crippen LogP contribution in [-0.2, 0) is 11.2 Å². The van der Waals surface area contributed by atoms with E-state index in [1.54, 1.807) is 6.92 Å². The SMILES string of the molecule is CCC[C@]1(C(=O)O)CCN(C(=O)c2c(CC)noc2C)CC1O. The number of carbonyl (C=O) groups excluding carboxylic acids is 1. The quantitative estimate of drug-likeness (QED) is 0.853. The number of β-amino-alcohol motifs (C(OH)–C–C–N with tert-alkyl or cyclic N) is 1. The number of rotatable bonds is 5. The maximum Gasteiger partial charge on any atom is 0.312 e. The lowest BCUT2D eigenvalue weighted by Crippen LogP contribution is -2.56. The number of piperidine rings is 1. The van der Waals surface area contributed by atoms with Crippen LogP contribution in [0.15, 0.2) is 4.52 Å². The zero-order valence-corrected chi connectivity index (χ0v) is 13.8. The summed E-state index contributed by atoms with van der Waals surface area (Å²) in [4.78, 5) is 25.9. The van der Waals surface area contributed by atoms with Crippen LogP contribution < -0.4 is 0 Å². The standard InChI is InChI=1S/C16H24N2O5/c1-4-6-16(15(21)22)7-8-18(9-12(16)19)14(20)13-10(3)23-17-11(13)5-2/h12,19H,4-9H2,1-3H3,(H,21,22)/t12?,16-/m0/s1. The second kappa shape index (κ2) is 6.70. The Hall–Kier alpha value is -1.89. The molecule has 23 heavy (non-hydrogen) atoms. The van der Waals surface area contributed by atoms with Gasteiger partial charge in [0.25, 0.3) is 5.91 Å². The highest BCUT2D eigenvalue weighted by atomic mass is 16.5. The second-order valence-electron chi connectivity index (χ2n) is 6.14. The number of carbonyl (C=O) groups is 2. The average Bonchev–Trinajstić information content (AvgIpc) is 2.89. The van der Waals surface area contributed by atoms with Gasteiger partial charge in [-0.1, -0.05) is 25.4 Å². The first-order valence-corrected chi connectivity index (χ1v) is 8.03. The molecule has 1 aliphatic heterocycles. The van der Waals surface area contributed by atoms with Gasteiger partial charge in [0, 0.05) is 13.1 Å². The molecule has 2 N–H and O–H groups in total. The number of amides is 1. The van der Waals surface area contributed by atoms with Gasteiger partial charge in [0.1, 0.15) is 11.3 Å². The van der Waals surface area contributed by atoms with E-state index in [1.165, 1.54) is 4.90 Å². The molecule has 0 aromatic carbocycles. The minimum atomic E-state index is -1.16. The third kappa shape index (κ3) is 2.97. The summed E-state index contributed by atoms with van der Waals surface area (Å²) < 4.78 is 5.09. The minimum Gasteiger partial charge on any atom is -0.481 e. The van der Waals surface area contributed by atoms with E-state index in [9.17, 15) is 19.8 Å². The molecule has 128 valence electrons. The van der Waals surface area contributed by atoms with Crippen molar-refractivity contribution in [2.75, 3.05) is 13.1 Å². The molecule has 0 saturated carbocycles. The molecule has 0 aliphatic carbocycles. The first kappa shape index (κ1) is 17.5. The normalized spacial score (nSPS) is 24.7. The van der Waals surface area contributed by atoms with Crippen LogP contribution in [0.1, 0.15) is 54.9 Å². The fraction of sp³-hybridized carbons (Fsp3) is 0.688. The van der Waals surface area contributed by atoms with Gasteiger partial charge < -0.3 is 19.6 Å². The molecule has 7 nitrogen and oxygen atoms in total. The molecule has 2 heterocycles. The molecule has 0 spiro atoms. The first-order valence-electron chi connectivity index (χ1n) is 8.03. The summed E-state index contributed by atoms with van der Waals surface area (Å²) in [6.45, 7) is 5.77. The number of hydrogen-bond acceptors (Lipinski definition) is 5. The van der Waals surface area contributed by atoms with Crippen molar-refractivity contribution in [1.82, 2.24) is 10.1 Å². The van der Waals surface area contributed by atoms with E-state index in [1.807, 2.05) is 13.8 Å². The molecular weight excluding hydrogens is 300 g/mol. The molecule has 1 aromatic rings. The van der Waals surface area contributed by atoms with E-state index in [-0.39, 0.29) is 18.9 Å². The van der Waals surface area contributed by atoms with Gasteiger partial charge in [0.2, 0.25) is 0 Å². The van der Waals surface area contributed by atoms with Crippen molar-refractivity contribution in [2.24, 2.45) is 5.41 Å². The highest BCUT2D eigenvalue weighted by Gasteiger charge is 2.49. The Morgan fingerprint density at radius 1 is 1.43 bits per heavy atom. The fourth-order valence-corrected chi connectivity index (χ4v) is 3.35. The van der Waals surface area contributed by atoms with Crippen LogP contribution in [0.4, 0.5) is 0 Å². The molecular formula is C16H24N2O5. The number of nitrogens with zero attached hydrogens (tertiary/aromatic N) is 2. The highest BCUT2D eigenvalue weighted by molar-refractivity contribution is 5.96. The molecule has 2 atom stereocenters. The van der Waals surface area contributed by atoms with Crippen molar-refractivity contribution in [3.05, 3.63) is 17.0 Å². The highest BCUT2D eigenvalue weighted by Crippen LogP contribution is 2.37. The molecule has 1 aromatic heterocycles. The molecule has 1 aliphatic rings. The van der Waals surface area contributed by atoms with E-state index in [0.717, 1.165) is 0 Å². The van der Waals surface area contributed by atoms with E-state index in [4.69, 9.17) is 4.52 Å². The zero-order chi connectivity index (χ0) is 17.2. The molecule has 1 amide bonds. The molecule has 0 radical (unpaired) electrons. The third-order valence-electron chi connectivity index (χ3n) is 4.75. The topological polar surface area (TPSA) is 104 Å². The number of aliphatic carboxylic acids is 1. The van der Waals surface area contributed by atoms with Gasteiger partial charge in [-0.2, -0.15) is 0 Å². The van der Waals surface area contributed by atoms with Crippen molar-refractivity contribution < 1.29 is 24.3 Å². The number of aliphatic hydroxyl groups is 1. The maximum atomic E-state index is 12.7. The van der Waals surface area contributed by atoms with Crippen molar-refractivity contribution in [2.45, 2.75) is 52.6 Å². The van der Waals surface area contributed by atoms with Gasteiger partial charge in [0.05, 0.1) is 17.2 Å². The number of hydrogen-bond donors (Lipinski definition) is 2. The molecule has 7 heteroatoms. The van der Waals surface area contributed by atoms with Gasteiger partial charge in [-0.25, -0.2) is 0 Å². The zero-order valence-electron chi connectivity index (χ0n) is 13.8. The Morgan fingerprint density at radius 3 is 2.65 bits per heavy atom. The van der Waals surface area contributed by atoms with Crippen molar-refractivity contribution in [1.29, 1.82) is 0 Å². The van der Waals surface area contributed by atoms with Crippen LogP contribution in [0.5, 0.6) is 0 Å². The number of aliphatic hydroxyl groups excluding tert-OH is 1. The summed E-state index contributed by atoms with van der Waals surface area (Å²) in [5.41, 5.74) is -0.147. The molecule has 1 fully saturated rings. The number of carboxylic acids is 1. The van der Waals surface area contributed by atoms with Crippen molar-refractivity contribution in [3.63, 3.8) is 0 Å². The lowest BCUT2D eigenvalue weighted by molar-refractivity contribution is -0.162. The van der Waals surface area contributed by atoms with Crippen LogP contribution >= 0.6 is 0 Å². The average molecular weight is 324 g/mol. The number of carboxylic acid groups (broad SMARTS) is 1. The Morgan fingerprint density at radius 2 is 2.13 bits per heavy atom. The lowest BCUT2D eigenvalue weighted by atomic mass is 9.72. The van der Waals surface area contributed by atoms with Crippen molar-refractivity contribution >= 4 is 11.9 Å². The van der Waals surface area contributed by atoms with Gasteiger partial charge in [-0.15, -0.1) is 0 Å². The second-order valence-corrected chi connectivity index (χ2v) is 6.14. The summed E-state index contributed by atoms with van der Waals surface area (Å²) >= 11 is 0. The fourth-order valence-electron chi connectivity index (χ4n) is 3.35. The molecule has 0 bridgehead atoms. The van der Waals surface area contributed by atoms with Gasteiger partial charge in [0.15, 0.2) is 0 Å². The smallest absolute Gasteiger partial charge is 0.312 e. The molecule has 1 unspecified atom stereocenters. The largest absolute Gasteiger partial charge is 0.481 e. The maximum absolute atomic E-state index is 12.7. The summed E-state index contributed by atoms with van der Waals surface area (Å²) in [5.74, 6) is -0.797. The Bertz CT molecular complexity index is 597. The van der Waals surface area contributed by atoms with Crippen LogP contribution in [0.2, 0.25) is 0 Å². The predicted molar refractivity (Wildman–Crippen MR) is 82.1 cm³/mol. The number of aryl methyl sites for hydroxylation is 2. The lowest BCUT2D eigenvalue weighted by Gasteiger charge is -2.42. The summed E-state index contributed by atoms with van der Waals surface area (Å²) in [7, 11) is 0. The minimum absolute atomic E-state index is 0.0128. The number of likely N-dealkylation sites (tertiary alicyclic amines) is 1. The van der Waals surface area contributed by atoms with Crippen LogP contribution in [-0.4, -0.2) is 51.3 Å². The van der Waals surface area contributed by atoms with Gasteiger partial charge >= 0.3 is 5.97 Å². The third-order valence-corrected chi connectivity index (χ3v) is 4.75. The monoisotopic (exact) mass is 324 g/mol. The Balaban J connectivity index is 2.21. The van der Waals surface area contributed by atoms with Gasteiger partial charge in [-0.05, 0) is 26.2 Å². The van der Waals surface area contributed by atoms with E-state index in [0.29, 0.717) is 42.8 Å². The summed E-state index contributed by atoms with van der Waals surface area (Å²) in [6, 6.07) is 0. The van der Waals surface area contributed by atoms with Crippen LogP contribution in [0, 0.1) is 12.3 Å².